The zero-order valence-electron chi connectivity index (χ0n) is 19.8. The Morgan fingerprint density at radius 1 is 1.06 bits per heavy atom. The summed E-state index contributed by atoms with van der Waals surface area (Å²) in [6.07, 6.45) is 5.64. The molecule has 0 bridgehead atoms. The van der Waals surface area contributed by atoms with Crippen LogP contribution < -0.4 is 16.0 Å². The molecule has 1 aliphatic rings. The molecule has 4 aromatic rings. The number of H-pyrrole nitrogens is 1. The molecule has 0 unspecified atom stereocenters. The molecule has 2 aromatic heterocycles. The quantitative estimate of drug-likeness (QED) is 0.278. The van der Waals surface area contributed by atoms with Gasteiger partial charge in [0, 0.05) is 22.7 Å². The highest BCUT2D eigenvalue weighted by Gasteiger charge is 2.18. The lowest BCUT2D eigenvalue weighted by Gasteiger charge is -2.23. The van der Waals surface area contributed by atoms with E-state index in [1.54, 1.807) is 12.1 Å². The molecule has 1 saturated heterocycles. The van der Waals surface area contributed by atoms with Crippen molar-refractivity contribution in [3.8, 4) is 0 Å². The average Bonchev–Trinajstić information content (AvgIpc) is 3.50. The van der Waals surface area contributed by atoms with E-state index in [1.807, 2.05) is 60.9 Å². The van der Waals surface area contributed by atoms with Gasteiger partial charge in [-0.1, -0.05) is 30.3 Å². The highest BCUT2D eigenvalue weighted by atomic mass is 35.5. The van der Waals surface area contributed by atoms with Gasteiger partial charge in [-0.2, -0.15) is 5.10 Å². The molecule has 1 aliphatic heterocycles. The van der Waals surface area contributed by atoms with E-state index >= 15 is 0 Å². The summed E-state index contributed by atoms with van der Waals surface area (Å²) in [6, 6.07) is 15.4. The third kappa shape index (κ3) is 5.67. The number of carbonyl (C=O) groups is 2. The van der Waals surface area contributed by atoms with Crippen molar-refractivity contribution in [3.05, 3.63) is 81.2 Å². The fourth-order valence-corrected chi connectivity index (χ4v) is 5.07. The molecule has 0 spiro atoms. The van der Waals surface area contributed by atoms with Gasteiger partial charge in [0.25, 0.3) is 11.8 Å². The van der Waals surface area contributed by atoms with Crippen LogP contribution in [-0.2, 0) is 0 Å². The van der Waals surface area contributed by atoms with Crippen LogP contribution in [0.25, 0.3) is 23.1 Å². The van der Waals surface area contributed by atoms with Crippen LogP contribution in [0.2, 0.25) is 0 Å². The minimum atomic E-state index is -0.187. The van der Waals surface area contributed by atoms with Gasteiger partial charge in [-0.15, -0.1) is 23.7 Å². The highest BCUT2D eigenvalue weighted by Crippen LogP contribution is 2.25. The van der Waals surface area contributed by atoms with Crippen LogP contribution in [0.15, 0.2) is 53.9 Å². The minimum absolute atomic E-state index is 0. The lowest BCUT2D eigenvalue weighted by atomic mass is 10.0. The summed E-state index contributed by atoms with van der Waals surface area (Å²) >= 11 is 1.40. The number of piperidine rings is 1. The van der Waals surface area contributed by atoms with Gasteiger partial charge in [0.05, 0.1) is 16.1 Å². The van der Waals surface area contributed by atoms with Crippen molar-refractivity contribution in [2.45, 2.75) is 25.8 Å². The number of para-hydroxylation sites is 1. The van der Waals surface area contributed by atoms with Gasteiger partial charge in [0.2, 0.25) is 0 Å². The number of anilines is 1. The zero-order chi connectivity index (χ0) is 24.2. The summed E-state index contributed by atoms with van der Waals surface area (Å²) in [5.74, 6) is -0.318. The number of rotatable bonds is 6. The first-order chi connectivity index (χ1) is 17.1. The normalized spacial score (nSPS) is 14.0. The smallest absolute Gasteiger partial charge is 0.266 e. The predicted octanol–water partition coefficient (Wildman–Crippen LogP) is 5.26. The van der Waals surface area contributed by atoms with Gasteiger partial charge in [-0.05, 0) is 79.7 Å². The summed E-state index contributed by atoms with van der Waals surface area (Å²) in [6.45, 7) is 3.72. The highest BCUT2D eigenvalue weighted by molar-refractivity contribution is 7.12. The van der Waals surface area contributed by atoms with Crippen LogP contribution in [0.3, 0.4) is 0 Å². The number of fused-ring (bicyclic) bond motifs is 1. The summed E-state index contributed by atoms with van der Waals surface area (Å²) in [5, 5.41) is 19.8. The van der Waals surface area contributed by atoms with Crippen LogP contribution >= 0.6 is 23.7 Å². The molecule has 186 valence electrons. The van der Waals surface area contributed by atoms with E-state index in [9.17, 15) is 9.59 Å². The predicted molar refractivity (Wildman–Crippen MR) is 149 cm³/mol. The Morgan fingerprint density at radius 2 is 1.86 bits per heavy atom. The van der Waals surface area contributed by atoms with Crippen molar-refractivity contribution in [3.63, 3.8) is 0 Å². The van der Waals surface area contributed by atoms with Gasteiger partial charge in [0.15, 0.2) is 0 Å². The molecular formula is C27H28ClN5O2S. The number of carbonyl (C=O) groups excluding carboxylic acids is 2. The Hall–Kier alpha value is -3.46. The summed E-state index contributed by atoms with van der Waals surface area (Å²) in [4.78, 5) is 26.6. The van der Waals surface area contributed by atoms with Crippen molar-refractivity contribution in [1.29, 1.82) is 0 Å². The third-order valence-corrected chi connectivity index (χ3v) is 7.24. The van der Waals surface area contributed by atoms with E-state index in [2.05, 4.69) is 26.1 Å². The topological polar surface area (TPSA) is 98.9 Å². The second-order valence-corrected chi connectivity index (χ2v) is 9.59. The van der Waals surface area contributed by atoms with Crippen molar-refractivity contribution in [1.82, 2.24) is 20.8 Å². The number of benzene rings is 2. The maximum atomic E-state index is 13.0. The molecule has 5 rings (SSSR count). The second-order valence-electron chi connectivity index (χ2n) is 8.67. The molecule has 4 N–H and O–H groups in total. The molecule has 7 nitrogen and oxygen atoms in total. The molecule has 0 aliphatic carbocycles. The van der Waals surface area contributed by atoms with Crippen molar-refractivity contribution < 1.29 is 9.59 Å². The average molecular weight is 522 g/mol. The SMILES string of the molecule is Cc1ccsc1C(=O)Nc1cc(C(=O)NC2CCNCC2)ccc1/C=C/c1n[nH]c2ccccc12.Cl. The van der Waals surface area contributed by atoms with Gasteiger partial charge < -0.3 is 16.0 Å². The Bertz CT molecular complexity index is 1400. The molecule has 9 heteroatoms. The zero-order valence-corrected chi connectivity index (χ0v) is 21.5. The molecule has 0 saturated carbocycles. The molecule has 2 amide bonds. The number of thiophene rings is 1. The third-order valence-electron chi connectivity index (χ3n) is 6.23. The van der Waals surface area contributed by atoms with E-state index in [0.29, 0.717) is 16.1 Å². The molecular weight excluding hydrogens is 494 g/mol. The van der Waals surface area contributed by atoms with Crippen LogP contribution in [0.4, 0.5) is 5.69 Å². The Balaban J connectivity index is 0.00000304. The summed E-state index contributed by atoms with van der Waals surface area (Å²) in [5.41, 5.74) is 4.57. The van der Waals surface area contributed by atoms with E-state index in [-0.39, 0.29) is 30.3 Å². The van der Waals surface area contributed by atoms with E-state index in [1.165, 1.54) is 11.3 Å². The summed E-state index contributed by atoms with van der Waals surface area (Å²) < 4.78 is 0. The van der Waals surface area contributed by atoms with Gasteiger partial charge in [-0.3, -0.25) is 14.7 Å². The first-order valence-electron chi connectivity index (χ1n) is 11.7. The van der Waals surface area contributed by atoms with Crippen molar-refractivity contribution in [2.75, 3.05) is 18.4 Å². The number of aryl methyl sites for hydroxylation is 1. The first kappa shape index (κ1) is 25.6. The molecule has 36 heavy (non-hydrogen) atoms. The fourth-order valence-electron chi connectivity index (χ4n) is 4.25. The van der Waals surface area contributed by atoms with E-state index in [0.717, 1.165) is 53.7 Å². The second kappa shape index (κ2) is 11.5. The van der Waals surface area contributed by atoms with Gasteiger partial charge >= 0.3 is 0 Å². The largest absolute Gasteiger partial charge is 0.349 e. The number of aromatic amines is 1. The molecule has 0 radical (unpaired) electrons. The number of hydrogen-bond donors (Lipinski definition) is 4. The van der Waals surface area contributed by atoms with Gasteiger partial charge in [-0.25, -0.2) is 0 Å². The Labute approximate surface area is 219 Å². The van der Waals surface area contributed by atoms with Crippen LogP contribution in [-0.4, -0.2) is 41.1 Å². The number of halogens is 1. The minimum Gasteiger partial charge on any atom is -0.349 e. The van der Waals surface area contributed by atoms with E-state index < -0.39 is 0 Å². The number of aromatic nitrogens is 2. The maximum Gasteiger partial charge on any atom is 0.266 e. The standard InChI is InChI=1S/C27H27N5O2S.ClH/c1-17-12-15-35-25(17)27(34)30-24-16-19(26(33)29-20-10-13-28-14-11-20)7-6-18(24)8-9-23-21-4-2-3-5-22(21)31-32-23;/h2-9,12,15-16,20,28H,10-11,13-14H2,1H3,(H,29,33)(H,30,34)(H,31,32);1H/b9-8+;. The number of amides is 2. The first-order valence-corrected chi connectivity index (χ1v) is 12.6. The van der Waals surface area contributed by atoms with Crippen LogP contribution in [0, 0.1) is 6.92 Å². The summed E-state index contributed by atoms with van der Waals surface area (Å²) in [7, 11) is 0. The lowest BCUT2D eigenvalue weighted by Crippen LogP contribution is -2.42. The van der Waals surface area contributed by atoms with Crippen LogP contribution in [0.1, 0.15) is 49.7 Å². The fraction of sp³-hybridized carbons (Fsp3) is 0.222. The van der Waals surface area contributed by atoms with E-state index in [4.69, 9.17) is 0 Å². The number of hydrogen-bond acceptors (Lipinski definition) is 5. The number of nitrogens with zero attached hydrogens (tertiary/aromatic N) is 1. The molecule has 0 atom stereocenters. The molecule has 2 aromatic carbocycles. The molecule has 1 fully saturated rings. The van der Waals surface area contributed by atoms with Gasteiger partial charge in [0.1, 0.15) is 0 Å². The monoisotopic (exact) mass is 521 g/mol. The Morgan fingerprint density at radius 3 is 2.64 bits per heavy atom. The van der Waals surface area contributed by atoms with Crippen LogP contribution in [0.5, 0.6) is 0 Å². The molecule has 3 heterocycles. The Kier molecular flexibility index (Phi) is 8.20. The van der Waals surface area contributed by atoms with Crippen molar-refractivity contribution >= 4 is 64.3 Å². The van der Waals surface area contributed by atoms with Crippen molar-refractivity contribution in [2.24, 2.45) is 0 Å². The lowest BCUT2D eigenvalue weighted by molar-refractivity contribution is 0.0928. The number of nitrogens with one attached hydrogen (secondary N) is 4. The maximum absolute atomic E-state index is 13.0.